The highest BCUT2D eigenvalue weighted by Gasteiger charge is 2.26. The number of amides is 2. The second-order valence-corrected chi connectivity index (χ2v) is 6.10. The Morgan fingerprint density at radius 1 is 1.43 bits per heavy atom. The normalized spacial score (nSPS) is 18.2. The molecule has 0 aliphatic carbocycles. The first kappa shape index (κ1) is 15.2. The van der Waals surface area contributed by atoms with E-state index in [2.05, 4.69) is 10.6 Å². The Bertz CT molecular complexity index is 563. The van der Waals surface area contributed by atoms with Gasteiger partial charge in [-0.25, -0.2) is 4.79 Å². The van der Waals surface area contributed by atoms with Crippen molar-refractivity contribution in [2.45, 2.75) is 38.7 Å². The lowest BCUT2D eigenvalue weighted by Gasteiger charge is -2.21. The van der Waals surface area contributed by atoms with E-state index in [1.165, 1.54) is 6.07 Å². The fourth-order valence-electron chi connectivity index (χ4n) is 2.24. The van der Waals surface area contributed by atoms with E-state index in [-0.39, 0.29) is 17.6 Å². The van der Waals surface area contributed by atoms with Crippen LogP contribution in [0.3, 0.4) is 0 Å². The average molecular weight is 292 g/mol. The zero-order valence-electron chi connectivity index (χ0n) is 12.4. The first-order valence-electron chi connectivity index (χ1n) is 6.84. The van der Waals surface area contributed by atoms with Crippen molar-refractivity contribution in [1.29, 1.82) is 0 Å². The Morgan fingerprint density at radius 2 is 2.14 bits per heavy atom. The summed E-state index contributed by atoms with van der Waals surface area (Å²) in [6, 6.07) is 4.66. The van der Waals surface area contributed by atoms with Gasteiger partial charge in [-0.1, -0.05) is 0 Å². The van der Waals surface area contributed by atoms with Crippen LogP contribution in [-0.2, 0) is 9.53 Å². The predicted octanol–water partition coefficient (Wildman–Crippen LogP) is 2.34. The zero-order chi connectivity index (χ0) is 15.6. The summed E-state index contributed by atoms with van der Waals surface area (Å²) in [7, 11) is 0. The molecule has 114 valence electrons. The smallest absolute Gasteiger partial charge is 0.412 e. The molecule has 3 N–H and O–H groups in total. The molecule has 2 amide bonds. The van der Waals surface area contributed by atoms with Crippen LogP contribution in [0.4, 0.5) is 10.5 Å². The average Bonchev–Trinajstić information content (AvgIpc) is 2.75. The molecular formula is C15H20N2O4. The van der Waals surface area contributed by atoms with Gasteiger partial charge in [-0.15, -0.1) is 0 Å². The number of phenolic OH excluding ortho intramolecular Hbond substituents is 1. The van der Waals surface area contributed by atoms with Crippen LogP contribution in [0.5, 0.6) is 5.75 Å². The van der Waals surface area contributed by atoms with Gasteiger partial charge in [0.05, 0.1) is 0 Å². The van der Waals surface area contributed by atoms with E-state index >= 15 is 0 Å². The topological polar surface area (TPSA) is 87.7 Å². The third-order valence-electron chi connectivity index (χ3n) is 3.09. The van der Waals surface area contributed by atoms with Crippen LogP contribution in [0.15, 0.2) is 18.2 Å². The Hall–Kier alpha value is -2.24. The van der Waals surface area contributed by atoms with Crippen molar-refractivity contribution >= 4 is 17.7 Å². The van der Waals surface area contributed by atoms with Gasteiger partial charge in [0.25, 0.3) is 0 Å². The predicted molar refractivity (Wildman–Crippen MR) is 78.3 cm³/mol. The number of aromatic hydroxyl groups is 1. The van der Waals surface area contributed by atoms with Gasteiger partial charge in [-0.3, -0.25) is 10.1 Å². The van der Waals surface area contributed by atoms with Crippen LogP contribution in [-0.4, -0.2) is 29.3 Å². The van der Waals surface area contributed by atoms with E-state index < -0.39 is 11.7 Å². The van der Waals surface area contributed by atoms with E-state index in [0.717, 1.165) is 5.56 Å². The second-order valence-electron chi connectivity index (χ2n) is 6.10. The molecule has 2 rings (SSSR count). The maximum atomic E-state index is 11.9. The van der Waals surface area contributed by atoms with Gasteiger partial charge < -0.3 is 15.2 Å². The van der Waals surface area contributed by atoms with Crippen LogP contribution < -0.4 is 10.6 Å². The van der Waals surface area contributed by atoms with Crippen molar-refractivity contribution in [3.05, 3.63) is 23.8 Å². The minimum atomic E-state index is -0.591. The quantitative estimate of drug-likeness (QED) is 0.730. The number of nitrogens with one attached hydrogen (secondary N) is 2. The largest absolute Gasteiger partial charge is 0.508 e. The summed E-state index contributed by atoms with van der Waals surface area (Å²) < 4.78 is 5.22. The van der Waals surface area contributed by atoms with Crippen LogP contribution in [0, 0.1) is 0 Å². The molecule has 1 aromatic rings. The molecule has 1 aliphatic rings. The molecular weight excluding hydrogens is 272 g/mol. The molecule has 0 saturated carbocycles. The van der Waals surface area contributed by atoms with E-state index in [0.29, 0.717) is 18.7 Å². The summed E-state index contributed by atoms with van der Waals surface area (Å²) in [4.78, 5) is 23.2. The minimum absolute atomic E-state index is 0.0356. The summed E-state index contributed by atoms with van der Waals surface area (Å²) in [5.41, 5.74) is 0.675. The van der Waals surface area contributed by atoms with Gasteiger partial charge in [-0.2, -0.15) is 0 Å². The summed E-state index contributed by atoms with van der Waals surface area (Å²) in [6.45, 7) is 5.84. The summed E-state index contributed by atoms with van der Waals surface area (Å²) in [5, 5.41) is 15.1. The van der Waals surface area contributed by atoms with Crippen LogP contribution in [0.2, 0.25) is 0 Å². The SMILES string of the molecule is CC(C)(C)OC(=O)Nc1ccc(O)cc1C1CNC(=O)C1. The third kappa shape index (κ3) is 4.11. The molecule has 21 heavy (non-hydrogen) atoms. The maximum absolute atomic E-state index is 11.9. The highest BCUT2D eigenvalue weighted by molar-refractivity contribution is 5.87. The van der Waals surface area contributed by atoms with Crippen LogP contribution in [0.1, 0.15) is 38.7 Å². The van der Waals surface area contributed by atoms with E-state index in [1.807, 2.05) is 0 Å². The zero-order valence-corrected chi connectivity index (χ0v) is 12.4. The van der Waals surface area contributed by atoms with Crippen molar-refractivity contribution in [2.24, 2.45) is 0 Å². The number of hydrogen-bond donors (Lipinski definition) is 3. The lowest BCUT2D eigenvalue weighted by Crippen LogP contribution is -2.27. The van der Waals surface area contributed by atoms with Crippen molar-refractivity contribution in [3.8, 4) is 5.75 Å². The monoisotopic (exact) mass is 292 g/mol. The number of carbonyl (C=O) groups is 2. The van der Waals surface area contributed by atoms with Crippen molar-refractivity contribution in [1.82, 2.24) is 5.32 Å². The summed E-state index contributed by atoms with van der Waals surface area (Å²) in [6.07, 6.45) is -0.223. The Labute approximate surface area is 123 Å². The fraction of sp³-hybridized carbons (Fsp3) is 0.467. The molecule has 6 heteroatoms. The van der Waals surface area contributed by atoms with Gasteiger partial charge in [0.1, 0.15) is 11.4 Å². The van der Waals surface area contributed by atoms with Gasteiger partial charge in [0.2, 0.25) is 5.91 Å². The molecule has 0 spiro atoms. The standard InChI is InChI=1S/C15H20N2O4/c1-15(2,3)21-14(20)17-12-5-4-10(18)7-11(12)9-6-13(19)16-8-9/h4-5,7,9,18H,6,8H2,1-3H3,(H,16,19)(H,17,20). The van der Waals surface area contributed by atoms with Crippen molar-refractivity contribution < 1.29 is 19.4 Å². The van der Waals surface area contributed by atoms with Gasteiger partial charge in [0, 0.05) is 24.6 Å². The molecule has 1 unspecified atom stereocenters. The Kier molecular flexibility index (Phi) is 4.06. The highest BCUT2D eigenvalue weighted by atomic mass is 16.6. The molecule has 1 aliphatic heterocycles. The third-order valence-corrected chi connectivity index (χ3v) is 3.09. The van der Waals surface area contributed by atoms with Crippen LogP contribution >= 0.6 is 0 Å². The lowest BCUT2D eigenvalue weighted by molar-refractivity contribution is -0.119. The van der Waals surface area contributed by atoms with E-state index in [1.54, 1.807) is 32.9 Å². The van der Waals surface area contributed by atoms with E-state index in [9.17, 15) is 14.7 Å². The molecule has 1 heterocycles. The maximum Gasteiger partial charge on any atom is 0.412 e. The molecule has 0 radical (unpaired) electrons. The molecule has 1 fully saturated rings. The number of ether oxygens (including phenoxy) is 1. The van der Waals surface area contributed by atoms with Crippen molar-refractivity contribution in [3.63, 3.8) is 0 Å². The number of rotatable bonds is 2. The first-order valence-corrected chi connectivity index (χ1v) is 6.84. The summed E-state index contributed by atoms with van der Waals surface area (Å²) >= 11 is 0. The van der Waals surface area contributed by atoms with Crippen LogP contribution in [0.25, 0.3) is 0 Å². The molecule has 1 saturated heterocycles. The van der Waals surface area contributed by atoms with E-state index in [4.69, 9.17) is 4.74 Å². The molecule has 6 nitrogen and oxygen atoms in total. The van der Waals surface area contributed by atoms with Crippen molar-refractivity contribution in [2.75, 3.05) is 11.9 Å². The fourth-order valence-corrected chi connectivity index (χ4v) is 2.24. The number of benzene rings is 1. The van der Waals surface area contributed by atoms with Gasteiger partial charge >= 0.3 is 6.09 Å². The number of carbonyl (C=O) groups excluding carboxylic acids is 2. The molecule has 1 atom stereocenters. The van der Waals surface area contributed by atoms with Gasteiger partial charge in [-0.05, 0) is 44.5 Å². The number of anilines is 1. The first-order chi connectivity index (χ1) is 9.74. The Balaban J connectivity index is 2.19. The lowest BCUT2D eigenvalue weighted by atomic mass is 9.96. The summed E-state index contributed by atoms with van der Waals surface area (Å²) in [5.74, 6) is -0.0137. The van der Waals surface area contributed by atoms with Gasteiger partial charge in [0.15, 0.2) is 0 Å². The number of phenols is 1. The molecule has 0 aromatic heterocycles. The second kappa shape index (κ2) is 5.63. The minimum Gasteiger partial charge on any atom is -0.508 e. The molecule has 0 bridgehead atoms. The Morgan fingerprint density at radius 3 is 2.71 bits per heavy atom. The number of hydrogen-bond acceptors (Lipinski definition) is 4. The highest BCUT2D eigenvalue weighted by Crippen LogP contribution is 2.32. The molecule has 1 aromatic carbocycles.